The zero-order valence-corrected chi connectivity index (χ0v) is 17.8. The van der Waals surface area contributed by atoms with Crippen LogP contribution in [0.1, 0.15) is 30.9 Å². The van der Waals surface area contributed by atoms with Gasteiger partial charge in [-0.3, -0.25) is 9.58 Å². The van der Waals surface area contributed by atoms with Gasteiger partial charge in [-0.05, 0) is 54.9 Å². The molecule has 1 aliphatic carbocycles. The van der Waals surface area contributed by atoms with E-state index >= 15 is 0 Å². The molecule has 1 aromatic carbocycles. The van der Waals surface area contributed by atoms with E-state index in [1.807, 2.05) is 35.5 Å². The van der Waals surface area contributed by atoms with E-state index in [0.29, 0.717) is 18.4 Å². The van der Waals surface area contributed by atoms with Crippen molar-refractivity contribution in [3.8, 4) is 5.75 Å². The zero-order chi connectivity index (χ0) is 21.0. The van der Waals surface area contributed by atoms with Gasteiger partial charge in [0.25, 0.3) is 0 Å². The lowest BCUT2D eigenvalue weighted by atomic mass is 9.77. The molecule has 0 spiro atoms. The van der Waals surface area contributed by atoms with Crippen molar-refractivity contribution in [3.05, 3.63) is 67.0 Å². The quantitative estimate of drug-likeness (QED) is 0.567. The molecule has 1 aliphatic heterocycles. The molecule has 7 heteroatoms. The molecule has 0 radical (unpaired) electrons. The molecular formula is C24H31N5O2. The maximum absolute atomic E-state index is 10.7. The van der Waals surface area contributed by atoms with Crippen molar-refractivity contribution in [1.82, 2.24) is 24.2 Å². The molecule has 31 heavy (non-hydrogen) atoms. The molecule has 0 bridgehead atoms. The standard InChI is InChI=1S/C24H31N5O2/c30-24-14-21-17-28(16-20(21)13-23(24)29-9-2-6-26-29)15-19-4-1-5-22(12-19)31-11-3-8-27-10-7-25-18-27/h1-2,4-7,9-10,12,18,20-21,23-24,30H,3,8,11,13-17H2/t20-,21+,23-,24-/m1/s1. The summed E-state index contributed by atoms with van der Waals surface area (Å²) in [5.74, 6) is 2.14. The van der Waals surface area contributed by atoms with Crippen LogP contribution in [0.4, 0.5) is 0 Å². The minimum Gasteiger partial charge on any atom is -0.494 e. The van der Waals surface area contributed by atoms with Gasteiger partial charge in [-0.1, -0.05) is 12.1 Å². The Kier molecular flexibility index (Phi) is 6.04. The highest BCUT2D eigenvalue weighted by atomic mass is 16.5. The van der Waals surface area contributed by atoms with E-state index in [4.69, 9.17) is 4.74 Å². The number of hydrogen-bond donors (Lipinski definition) is 1. The van der Waals surface area contributed by atoms with Gasteiger partial charge in [-0.25, -0.2) is 4.98 Å². The SMILES string of the molecule is O[C@@H]1C[C@H]2CN(Cc3cccc(OCCCn4ccnc4)c3)C[C@H]2C[C@H]1n1cccn1. The van der Waals surface area contributed by atoms with Crippen LogP contribution in [0, 0.1) is 11.8 Å². The third-order valence-corrected chi connectivity index (χ3v) is 6.74. The minimum absolute atomic E-state index is 0.107. The molecule has 4 atom stereocenters. The van der Waals surface area contributed by atoms with Crippen molar-refractivity contribution in [2.45, 2.75) is 44.5 Å². The van der Waals surface area contributed by atoms with Crippen molar-refractivity contribution in [2.24, 2.45) is 11.8 Å². The van der Waals surface area contributed by atoms with Crippen LogP contribution in [0.15, 0.2) is 61.4 Å². The monoisotopic (exact) mass is 421 g/mol. The molecule has 2 aromatic heterocycles. The fraction of sp³-hybridized carbons (Fsp3) is 0.500. The number of ether oxygens (including phenoxy) is 1. The second kappa shape index (κ2) is 9.24. The van der Waals surface area contributed by atoms with Crippen molar-refractivity contribution in [1.29, 1.82) is 0 Å². The normalized spacial score (nSPS) is 26.1. The molecule has 3 aromatic rings. The highest BCUT2D eigenvalue weighted by Gasteiger charge is 2.42. The van der Waals surface area contributed by atoms with Gasteiger partial charge in [0.15, 0.2) is 0 Å². The van der Waals surface area contributed by atoms with Crippen molar-refractivity contribution in [2.75, 3.05) is 19.7 Å². The average molecular weight is 422 g/mol. The predicted molar refractivity (Wildman–Crippen MR) is 118 cm³/mol. The molecule has 7 nitrogen and oxygen atoms in total. The zero-order valence-electron chi connectivity index (χ0n) is 17.8. The highest BCUT2D eigenvalue weighted by molar-refractivity contribution is 5.28. The van der Waals surface area contributed by atoms with Crippen LogP contribution in [0.2, 0.25) is 0 Å². The highest BCUT2D eigenvalue weighted by Crippen LogP contribution is 2.41. The van der Waals surface area contributed by atoms with Crippen LogP contribution in [0.25, 0.3) is 0 Å². The number of aryl methyl sites for hydroxylation is 1. The number of imidazole rings is 1. The Balaban J connectivity index is 1.13. The Labute approximate surface area is 183 Å². The first-order chi connectivity index (χ1) is 15.2. The van der Waals surface area contributed by atoms with E-state index in [1.165, 1.54) is 5.56 Å². The van der Waals surface area contributed by atoms with E-state index in [2.05, 4.69) is 37.7 Å². The summed E-state index contributed by atoms with van der Waals surface area (Å²) in [5, 5.41) is 15.0. The molecule has 1 saturated heterocycles. The Hall–Kier alpha value is -2.64. The third kappa shape index (κ3) is 4.83. The summed E-state index contributed by atoms with van der Waals surface area (Å²) in [6.45, 7) is 4.69. The van der Waals surface area contributed by atoms with E-state index < -0.39 is 0 Å². The number of aliphatic hydroxyl groups excluding tert-OH is 1. The van der Waals surface area contributed by atoms with Crippen LogP contribution in [0.5, 0.6) is 5.75 Å². The second-order valence-electron chi connectivity index (χ2n) is 8.96. The lowest BCUT2D eigenvalue weighted by Crippen LogP contribution is -2.36. The number of hydrogen-bond acceptors (Lipinski definition) is 5. The van der Waals surface area contributed by atoms with E-state index in [1.54, 1.807) is 12.4 Å². The van der Waals surface area contributed by atoms with Crippen LogP contribution in [0.3, 0.4) is 0 Å². The summed E-state index contributed by atoms with van der Waals surface area (Å²) < 4.78 is 9.99. The lowest BCUT2D eigenvalue weighted by Gasteiger charge is -2.35. The van der Waals surface area contributed by atoms with Gasteiger partial charge in [0.1, 0.15) is 5.75 Å². The Bertz CT molecular complexity index is 943. The fourth-order valence-electron chi connectivity index (χ4n) is 5.24. The minimum atomic E-state index is -0.305. The summed E-state index contributed by atoms with van der Waals surface area (Å²) in [5.41, 5.74) is 1.29. The van der Waals surface area contributed by atoms with Gasteiger partial charge in [-0.15, -0.1) is 0 Å². The fourth-order valence-corrected chi connectivity index (χ4v) is 5.24. The second-order valence-corrected chi connectivity index (χ2v) is 8.96. The van der Waals surface area contributed by atoms with Crippen molar-refractivity contribution < 1.29 is 9.84 Å². The van der Waals surface area contributed by atoms with Gasteiger partial charge in [-0.2, -0.15) is 5.10 Å². The molecule has 0 unspecified atom stereocenters. The summed E-state index contributed by atoms with van der Waals surface area (Å²) >= 11 is 0. The number of aromatic nitrogens is 4. The molecule has 164 valence electrons. The average Bonchev–Trinajstić information content (AvgIpc) is 3.52. The number of fused-ring (bicyclic) bond motifs is 1. The van der Waals surface area contributed by atoms with Crippen molar-refractivity contribution in [3.63, 3.8) is 0 Å². The van der Waals surface area contributed by atoms with Gasteiger partial charge in [0, 0.05) is 51.0 Å². The topological polar surface area (TPSA) is 68.3 Å². The lowest BCUT2D eigenvalue weighted by molar-refractivity contribution is 0.0306. The maximum Gasteiger partial charge on any atom is 0.119 e. The van der Waals surface area contributed by atoms with Gasteiger partial charge in [0.2, 0.25) is 0 Å². The Morgan fingerprint density at radius 1 is 1.06 bits per heavy atom. The summed E-state index contributed by atoms with van der Waals surface area (Å²) in [6.07, 6.45) is 11.9. The van der Waals surface area contributed by atoms with E-state index in [0.717, 1.165) is 51.2 Å². The van der Waals surface area contributed by atoms with Crippen LogP contribution >= 0.6 is 0 Å². The predicted octanol–water partition coefficient (Wildman–Crippen LogP) is 2.99. The first-order valence-electron chi connectivity index (χ1n) is 11.3. The largest absolute Gasteiger partial charge is 0.494 e. The molecule has 0 amide bonds. The number of rotatable bonds is 8. The molecule has 1 N–H and O–H groups in total. The summed E-state index contributed by atoms with van der Waals surface area (Å²) in [6, 6.07) is 10.5. The molecule has 1 saturated carbocycles. The molecule has 3 heterocycles. The smallest absolute Gasteiger partial charge is 0.119 e. The first-order valence-corrected chi connectivity index (χ1v) is 11.3. The molecule has 2 fully saturated rings. The van der Waals surface area contributed by atoms with Gasteiger partial charge >= 0.3 is 0 Å². The number of likely N-dealkylation sites (tertiary alicyclic amines) is 1. The first kappa shape index (κ1) is 20.3. The van der Waals surface area contributed by atoms with Crippen LogP contribution in [-0.2, 0) is 13.1 Å². The molecular weight excluding hydrogens is 390 g/mol. The molecule has 5 rings (SSSR count). The maximum atomic E-state index is 10.7. The van der Waals surface area contributed by atoms with Crippen LogP contribution in [-0.4, -0.2) is 55.1 Å². The Morgan fingerprint density at radius 2 is 1.97 bits per heavy atom. The number of benzene rings is 1. The van der Waals surface area contributed by atoms with E-state index in [9.17, 15) is 5.11 Å². The Morgan fingerprint density at radius 3 is 2.77 bits per heavy atom. The molecule has 2 aliphatic rings. The summed E-state index contributed by atoms with van der Waals surface area (Å²) in [7, 11) is 0. The van der Waals surface area contributed by atoms with Gasteiger partial charge in [0.05, 0.1) is 25.1 Å². The van der Waals surface area contributed by atoms with Crippen molar-refractivity contribution >= 4 is 0 Å². The summed E-state index contributed by atoms with van der Waals surface area (Å²) in [4.78, 5) is 6.60. The third-order valence-electron chi connectivity index (χ3n) is 6.74. The van der Waals surface area contributed by atoms with E-state index in [-0.39, 0.29) is 12.1 Å². The number of nitrogens with zero attached hydrogens (tertiary/aromatic N) is 5. The van der Waals surface area contributed by atoms with Gasteiger partial charge < -0.3 is 14.4 Å². The number of aliphatic hydroxyl groups is 1. The van der Waals surface area contributed by atoms with Crippen LogP contribution < -0.4 is 4.74 Å².